The van der Waals surface area contributed by atoms with Crippen LogP contribution in [-0.2, 0) is 10.2 Å². The number of hydrogen-bond acceptors (Lipinski definition) is 2. The van der Waals surface area contributed by atoms with Gasteiger partial charge in [-0.15, -0.1) is 0 Å². The van der Waals surface area contributed by atoms with Crippen LogP contribution in [0.25, 0.3) is 0 Å². The van der Waals surface area contributed by atoms with Crippen LogP contribution in [0.15, 0.2) is 30.3 Å². The number of halogens is 1. The first-order chi connectivity index (χ1) is 14.3. The number of hydrogen-bond donors (Lipinski definition) is 2. The summed E-state index contributed by atoms with van der Waals surface area (Å²) in [4.78, 5) is 13.4. The van der Waals surface area contributed by atoms with E-state index < -0.39 is 0 Å². The predicted octanol–water partition coefficient (Wildman–Crippen LogP) is 5.39. The zero-order chi connectivity index (χ0) is 21.8. The number of carbonyl (C=O) groups is 1. The maximum atomic E-state index is 13.4. The molecule has 1 heterocycles. The van der Waals surface area contributed by atoms with Crippen molar-refractivity contribution in [3.63, 3.8) is 0 Å². The van der Waals surface area contributed by atoms with E-state index in [2.05, 4.69) is 61.7 Å². The lowest BCUT2D eigenvalue weighted by Gasteiger charge is -2.54. The molecule has 3 nitrogen and oxygen atoms in total. The molecule has 3 aliphatic rings. The summed E-state index contributed by atoms with van der Waals surface area (Å²) in [5.41, 5.74) is 1.39. The van der Waals surface area contributed by atoms with Gasteiger partial charge in [0.25, 0.3) is 0 Å². The topological polar surface area (TPSA) is 41.1 Å². The Hall–Kier alpha value is -1.42. The predicted molar refractivity (Wildman–Crippen MR) is 122 cm³/mol. The molecule has 4 rings (SSSR count). The summed E-state index contributed by atoms with van der Waals surface area (Å²) in [6.45, 7) is 9.09. The van der Waals surface area contributed by atoms with Crippen LogP contribution in [0.5, 0.6) is 0 Å². The lowest BCUT2D eigenvalue weighted by atomic mass is 9.50. The smallest absolute Gasteiger partial charge is 0.226 e. The highest BCUT2D eigenvalue weighted by Gasteiger charge is 2.53. The molecule has 2 saturated carbocycles. The SMILES string of the molecule is CC1CC2CC(C)(C(=O)NC3CCNC(C)C3)CC(c3ccccc3)(C1)C2.CCF. The minimum Gasteiger partial charge on any atom is -0.353 e. The summed E-state index contributed by atoms with van der Waals surface area (Å²) >= 11 is 0. The van der Waals surface area contributed by atoms with Gasteiger partial charge in [0.2, 0.25) is 5.91 Å². The van der Waals surface area contributed by atoms with Gasteiger partial charge in [-0.05, 0) is 88.2 Å². The van der Waals surface area contributed by atoms with Crippen molar-refractivity contribution in [2.24, 2.45) is 17.3 Å². The lowest BCUT2D eigenvalue weighted by molar-refractivity contribution is -0.137. The molecule has 0 radical (unpaired) electrons. The maximum absolute atomic E-state index is 13.4. The molecular formula is C26H41FN2O. The van der Waals surface area contributed by atoms with E-state index >= 15 is 0 Å². The Balaban J connectivity index is 0.000000806. The van der Waals surface area contributed by atoms with Crippen molar-refractivity contribution >= 4 is 5.91 Å². The third-order valence-electron chi connectivity index (χ3n) is 7.52. The van der Waals surface area contributed by atoms with E-state index in [0.717, 1.165) is 38.1 Å². The molecule has 1 aromatic rings. The van der Waals surface area contributed by atoms with Crippen molar-refractivity contribution < 1.29 is 9.18 Å². The fourth-order valence-electron chi connectivity index (χ4n) is 6.72. The molecule has 0 aromatic heterocycles. The largest absolute Gasteiger partial charge is 0.353 e. The average molecular weight is 417 g/mol. The summed E-state index contributed by atoms with van der Waals surface area (Å²) in [6.07, 6.45) is 7.91. The molecule has 30 heavy (non-hydrogen) atoms. The standard InChI is InChI=1S/C24H36N2O.C2H5F/c1-17-11-19-14-23(3,22(27)26-21-9-10-25-18(2)12-21)16-24(13-17,15-19)20-7-5-4-6-8-20;1-2-3/h4-8,17-19,21,25H,9-16H2,1-3H3,(H,26,27);2H2,1H3. The first kappa shape index (κ1) is 23.2. The van der Waals surface area contributed by atoms with Gasteiger partial charge in [0, 0.05) is 17.5 Å². The Morgan fingerprint density at radius 2 is 1.87 bits per heavy atom. The summed E-state index contributed by atoms with van der Waals surface area (Å²) < 4.78 is 10.3. The van der Waals surface area contributed by atoms with E-state index in [1.165, 1.54) is 31.7 Å². The molecule has 2 aliphatic carbocycles. The number of amides is 1. The molecule has 168 valence electrons. The van der Waals surface area contributed by atoms with Crippen LogP contribution in [-0.4, -0.2) is 31.2 Å². The number of fused-ring (bicyclic) bond motifs is 2. The Kier molecular flexibility index (Phi) is 7.60. The van der Waals surface area contributed by atoms with Crippen LogP contribution in [0.1, 0.15) is 78.2 Å². The highest BCUT2D eigenvalue weighted by atomic mass is 19.1. The van der Waals surface area contributed by atoms with Crippen LogP contribution >= 0.6 is 0 Å². The molecule has 1 aromatic carbocycles. The number of nitrogens with one attached hydrogen (secondary N) is 2. The fraction of sp³-hybridized carbons (Fsp3) is 0.731. The molecule has 6 unspecified atom stereocenters. The third-order valence-corrected chi connectivity index (χ3v) is 7.52. The van der Waals surface area contributed by atoms with E-state index in [1.807, 2.05) is 0 Å². The van der Waals surface area contributed by atoms with E-state index in [9.17, 15) is 9.18 Å². The van der Waals surface area contributed by atoms with Crippen molar-refractivity contribution in [1.29, 1.82) is 0 Å². The van der Waals surface area contributed by atoms with Gasteiger partial charge in [-0.2, -0.15) is 0 Å². The number of rotatable bonds is 3. The van der Waals surface area contributed by atoms with Crippen LogP contribution < -0.4 is 10.6 Å². The van der Waals surface area contributed by atoms with Gasteiger partial charge in [0.05, 0.1) is 6.67 Å². The second-order valence-corrected chi connectivity index (χ2v) is 10.5. The molecule has 4 heteroatoms. The Morgan fingerprint density at radius 3 is 2.53 bits per heavy atom. The molecule has 3 fully saturated rings. The van der Waals surface area contributed by atoms with E-state index in [0.29, 0.717) is 23.9 Å². The van der Waals surface area contributed by atoms with Crippen molar-refractivity contribution in [3.05, 3.63) is 35.9 Å². The van der Waals surface area contributed by atoms with Gasteiger partial charge in [0.1, 0.15) is 0 Å². The van der Waals surface area contributed by atoms with Gasteiger partial charge in [-0.3, -0.25) is 9.18 Å². The molecular weight excluding hydrogens is 375 g/mol. The zero-order valence-corrected chi connectivity index (χ0v) is 19.3. The number of carbonyl (C=O) groups excluding carboxylic acids is 1. The van der Waals surface area contributed by atoms with Gasteiger partial charge in [-0.1, -0.05) is 44.2 Å². The summed E-state index contributed by atoms with van der Waals surface area (Å²) in [7, 11) is 0. The molecule has 0 spiro atoms. The summed E-state index contributed by atoms with van der Waals surface area (Å²) in [6, 6.07) is 11.9. The first-order valence-corrected chi connectivity index (χ1v) is 12.0. The normalized spacial score (nSPS) is 38.2. The molecule has 1 amide bonds. The van der Waals surface area contributed by atoms with E-state index in [-0.39, 0.29) is 17.5 Å². The van der Waals surface area contributed by atoms with Crippen molar-refractivity contribution in [2.75, 3.05) is 13.2 Å². The quantitative estimate of drug-likeness (QED) is 0.693. The number of benzene rings is 1. The maximum Gasteiger partial charge on any atom is 0.226 e. The number of alkyl halides is 1. The monoisotopic (exact) mass is 416 g/mol. The van der Waals surface area contributed by atoms with Gasteiger partial charge >= 0.3 is 0 Å². The highest BCUT2D eigenvalue weighted by molar-refractivity contribution is 5.83. The Labute approximate surface area is 182 Å². The fourth-order valence-corrected chi connectivity index (χ4v) is 6.72. The highest BCUT2D eigenvalue weighted by Crippen LogP contribution is 2.58. The molecule has 1 aliphatic heterocycles. The first-order valence-electron chi connectivity index (χ1n) is 12.0. The summed E-state index contributed by atoms with van der Waals surface area (Å²) in [5.74, 6) is 1.73. The minimum atomic E-state index is -0.250. The molecule has 2 N–H and O–H groups in total. The zero-order valence-electron chi connectivity index (χ0n) is 19.3. The van der Waals surface area contributed by atoms with E-state index in [4.69, 9.17) is 0 Å². The lowest BCUT2D eigenvalue weighted by Crippen LogP contribution is -2.55. The van der Waals surface area contributed by atoms with Gasteiger partial charge < -0.3 is 10.6 Å². The molecule has 2 bridgehead atoms. The van der Waals surface area contributed by atoms with Crippen LogP contribution in [0, 0.1) is 17.3 Å². The molecule has 6 atom stereocenters. The second-order valence-electron chi connectivity index (χ2n) is 10.5. The summed E-state index contributed by atoms with van der Waals surface area (Å²) in [5, 5.41) is 6.94. The van der Waals surface area contributed by atoms with Crippen molar-refractivity contribution in [1.82, 2.24) is 10.6 Å². The van der Waals surface area contributed by atoms with Crippen LogP contribution in [0.2, 0.25) is 0 Å². The van der Waals surface area contributed by atoms with E-state index in [1.54, 1.807) is 0 Å². The Morgan fingerprint density at radius 1 is 1.17 bits per heavy atom. The minimum absolute atomic E-state index is 0.176. The van der Waals surface area contributed by atoms with Crippen LogP contribution in [0.3, 0.4) is 0 Å². The average Bonchev–Trinajstić information content (AvgIpc) is 2.68. The van der Waals surface area contributed by atoms with Crippen LogP contribution in [0.4, 0.5) is 4.39 Å². The Bertz CT molecular complexity index is 692. The van der Waals surface area contributed by atoms with Gasteiger partial charge in [0.15, 0.2) is 0 Å². The van der Waals surface area contributed by atoms with Crippen molar-refractivity contribution in [2.45, 2.75) is 90.1 Å². The second kappa shape index (κ2) is 9.80. The number of piperidine rings is 1. The van der Waals surface area contributed by atoms with Gasteiger partial charge in [-0.25, -0.2) is 0 Å². The third kappa shape index (κ3) is 5.25. The van der Waals surface area contributed by atoms with Crippen molar-refractivity contribution in [3.8, 4) is 0 Å². The molecule has 1 saturated heterocycles.